The van der Waals surface area contributed by atoms with Gasteiger partial charge in [-0.05, 0) is 37.1 Å². The summed E-state index contributed by atoms with van der Waals surface area (Å²) in [6.07, 6.45) is 1.92. The van der Waals surface area contributed by atoms with Crippen molar-refractivity contribution >= 4 is 11.3 Å². The quantitative estimate of drug-likeness (QED) is 0.750. The fourth-order valence-corrected chi connectivity index (χ4v) is 2.79. The molecule has 0 spiro atoms. The molecular weight excluding hydrogens is 242 g/mol. The molecule has 18 heavy (non-hydrogen) atoms. The van der Waals surface area contributed by atoms with E-state index in [1.54, 1.807) is 0 Å². The number of thiophene rings is 1. The molecule has 0 radical (unpaired) electrons. The van der Waals surface area contributed by atoms with E-state index in [0.29, 0.717) is 6.61 Å². The molecule has 96 valence electrons. The SMILES string of the molecule is OCCCCNCc1ccc(-c2ccccc2)s1. The highest BCUT2D eigenvalue weighted by atomic mass is 32.1. The summed E-state index contributed by atoms with van der Waals surface area (Å²) in [4.78, 5) is 2.68. The molecule has 1 aromatic heterocycles. The molecule has 0 bridgehead atoms. The van der Waals surface area contributed by atoms with Crippen molar-refractivity contribution in [3.8, 4) is 10.4 Å². The zero-order valence-corrected chi connectivity index (χ0v) is 11.2. The second kappa shape index (κ2) is 7.31. The summed E-state index contributed by atoms with van der Waals surface area (Å²) in [5.74, 6) is 0. The molecule has 1 aromatic carbocycles. The minimum Gasteiger partial charge on any atom is -0.396 e. The van der Waals surface area contributed by atoms with Gasteiger partial charge in [0.15, 0.2) is 0 Å². The molecule has 0 fully saturated rings. The van der Waals surface area contributed by atoms with Crippen LogP contribution in [0.25, 0.3) is 10.4 Å². The van der Waals surface area contributed by atoms with E-state index >= 15 is 0 Å². The van der Waals surface area contributed by atoms with Gasteiger partial charge in [0.25, 0.3) is 0 Å². The fourth-order valence-electron chi connectivity index (χ4n) is 1.80. The Hall–Kier alpha value is -1.16. The summed E-state index contributed by atoms with van der Waals surface area (Å²) in [6.45, 7) is 2.18. The van der Waals surface area contributed by atoms with Gasteiger partial charge in [-0.15, -0.1) is 11.3 Å². The van der Waals surface area contributed by atoms with Crippen LogP contribution in [0.5, 0.6) is 0 Å². The van der Waals surface area contributed by atoms with Crippen LogP contribution in [0.2, 0.25) is 0 Å². The number of unbranched alkanes of at least 4 members (excludes halogenated alkanes) is 1. The van der Waals surface area contributed by atoms with Gasteiger partial charge in [-0.3, -0.25) is 0 Å². The van der Waals surface area contributed by atoms with Crippen molar-refractivity contribution < 1.29 is 5.11 Å². The summed E-state index contributed by atoms with van der Waals surface area (Å²) in [6, 6.07) is 14.8. The summed E-state index contributed by atoms with van der Waals surface area (Å²) in [5.41, 5.74) is 1.29. The van der Waals surface area contributed by atoms with E-state index in [1.807, 2.05) is 17.4 Å². The Balaban J connectivity index is 1.83. The highest BCUT2D eigenvalue weighted by Crippen LogP contribution is 2.27. The summed E-state index contributed by atoms with van der Waals surface area (Å²) >= 11 is 1.84. The van der Waals surface area contributed by atoms with Crippen molar-refractivity contribution in [1.29, 1.82) is 0 Å². The van der Waals surface area contributed by atoms with E-state index in [0.717, 1.165) is 25.9 Å². The fraction of sp³-hybridized carbons (Fsp3) is 0.333. The molecule has 2 aromatic rings. The normalized spacial score (nSPS) is 10.7. The molecule has 2 nitrogen and oxygen atoms in total. The first-order chi connectivity index (χ1) is 8.90. The number of aliphatic hydroxyl groups is 1. The predicted octanol–water partition coefficient (Wildman–Crippen LogP) is 3.28. The Labute approximate surface area is 112 Å². The van der Waals surface area contributed by atoms with Crippen LogP contribution in [0, 0.1) is 0 Å². The van der Waals surface area contributed by atoms with E-state index in [1.165, 1.54) is 15.3 Å². The van der Waals surface area contributed by atoms with E-state index < -0.39 is 0 Å². The Morgan fingerprint density at radius 1 is 1.00 bits per heavy atom. The lowest BCUT2D eigenvalue weighted by Gasteiger charge is -2.01. The van der Waals surface area contributed by atoms with Gasteiger partial charge in [-0.1, -0.05) is 30.3 Å². The number of rotatable bonds is 7. The predicted molar refractivity (Wildman–Crippen MR) is 77.8 cm³/mol. The van der Waals surface area contributed by atoms with Crippen molar-refractivity contribution in [3.63, 3.8) is 0 Å². The van der Waals surface area contributed by atoms with E-state index in [-0.39, 0.29) is 0 Å². The third kappa shape index (κ3) is 3.95. The molecule has 3 heteroatoms. The number of nitrogens with one attached hydrogen (secondary N) is 1. The molecule has 1 heterocycles. The Morgan fingerprint density at radius 2 is 1.83 bits per heavy atom. The highest BCUT2D eigenvalue weighted by Gasteiger charge is 2.01. The zero-order valence-electron chi connectivity index (χ0n) is 10.4. The van der Waals surface area contributed by atoms with Gasteiger partial charge in [0.2, 0.25) is 0 Å². The lowest BCUT2D eigenvalue weighted by molar-refractivity contribution is 0.283. The van der Waals surface area contributed by atoms with Gasteiger partial charge in [-0.2, -0.15) is 0 Å². The van der Waals surface area contributed by atoms with Crippen LogP contribution in [0.1, 0.15) is 17.7 Å². The van der Waals surface area contributed by atoms with Gasteiger partial charge in [0.1, 0.15) is 0 Å². The maximum absolute atomic E-state index is 8.69. The summed E-state index contributed by atoms with van der Waals surface area (Å²) in [7, 11) is 0. The van der Waals surface area contributed by atoms with Crippen LogP contribution in [0.4, 0.5) is 0 Å². The number of hydrogen-bond donors (Lipinski definition) is 2. The highest BCUT2D eigenvalue weighted by molar-refractivity contribution is 7.15. The molecule has 2 rings (SSSR count). The first kappa shape index (κ1) is 13.3. The minimum absolute atomic E-state index is 0.291. The van der Waals surface area contributed by atoms with Crippen molar-refractivity contribution in [2.45, 2.75) is 19.4 Å². The van der Waals surface area contributed by atoms with Gasteiger partial charge in [0, 0.05) is 22.9 Å². The van der Waals surface area contributed by atoms with E-state index in [2.05, 4.69) is 41.7 Å². The lowest BCUT2D eigenvalue weighted by Crippen LogP contribution is -2.14. The van der Waals surface area contributed by atoms with Crippen LogP contribution in [-0.4, -0.2) is 18.3 Å². The second-order valence-corrected chi connectivity index (χ2v) is 5.41. The van der Waals surface area contributed by atoms with Gasteiger partial charge in [0.05, 0.1) is 0 Å². The van der Waals surface area contributed by atoms with E-state index in [9.17, 15) is 0 Å². The maximum atomic E-state index is 8.69. The Kier molecular flexibility index (Phi) is 5.39. The van der Waals surface area contributed by atoms with Crippen molar-refractivity contribution in [2.24, 2.45) is 0 Å². The molecule has 0 atom stereocenters. The van der Waals surface area contributed by atoms with Gasteiger partial charge in [-0.25, -0.2) is 0 Å². The standard InChI is InChI=1S/C15H19NOS/c17-11-5-4-10-16-12-14-8-9-15(18-14)13-6-2-1-3-7-13/h1-3,6-9,16-17H,4-5,10-12H2. The lowest BCUT2D eigenvalue weighted by atomic mass is 10.2. The maximum Gasteiger partial charge on any atom is 0.0431 e. The number of aliphatic hydroxyl groups excluding tert-OH is 1. The zero-order chi connectivity index (χ0) is 12.6. The Bertz CT molecular complexity index is 453. The smallest absolute Gasteiger partial charge is 0.0431 e. The summed E-state index contributed by atoms with van der Waals surface area (Å²) < 4.78 is 0. The molecule has 0 amide bonds. The average Bonchev–Trinajstić information content (AvgIpc) is 2.88. The van der Waals surface area contributed by atoms with Crippen LogP contribution < -0.4 is 5.32 Å². The minimum atomic E-state index is 0.291. The molecule has 2 N–H and O–H groups in total. The third-order valence-electron chi connectivity index (χ3n) is 2.78. The molecular formula is C15H19NOS. The van der Waals surface area contributed by atoms with Crippen molar-refractivity contribution in [3.05, 3.63) is 47.3 Å². The number of hydrogen-bond acceptors (Lipinski definition) is 3. The molecule has 0 unspecified atom stereocenters. The molecule has 0 aliphatic carbocycles. The van der Waals surface area contributed by atoms with Crippen molar-refractivity contribution in [2.75, 3.05) is 13.2 Å². The van der Waals surface area contributed by atoms with Crippen LogP contribution in [0.3, 0.4) is 0 Å². The topological polar surface area (TPSA) is 32.3 Å². The van der Waals surface area contributed by atoms with Crippen molar-refractivity contribution in [1.82, 2.24) is 5.32 Å². The third-order valence-corrected chi connectivity index (χ3v) is 3.92. The van der Waals surface area contributed by atoms with E-state index in [4.69, 9.17) is 5.11 Å². The van der Waals surface area contributed by atoms with Gasteiger partial charge >= 0.3 is 0 Å². The molecule has 0 aliphatic rings. The van der Waals surface area contributed by atoms with Crippen LogP contribution >= 0.6 is 11.3 Å². The molecule has 0 saturated heterocycles. The first-order valence-electron chi connectivity index (χ1n) is 6.36. The largest absolute Gasteiger partial charge is 0.396 e. The summed E-state index contributed by atoms with van der Waals surface area (Å²) in [5, 5.41) is 12.1. The number of benzene rings is 1. The first-order valence-corrected chi connectivity index (χ1v) is 7.17. The van der Waals surface area contributed by atoms with Crippen LogP contribution in [0.15, 0.2) is 42.5 Å². The average molecular weight is 261 g/mol. The Morgan fingerprint density at radius 3 is 2.61 bits per heavy atom. The second-order valence-electron chi connectivity index (χ2n) is 4.24. The molecule has 0 saturated carbocycles. The monoisotopic (exact) mass is 261 g/mol. The molecule has 0 aliphatic heterocycles. The van der Waals surface area contributed by atoms with Gasteiger partial charge < -0.3 is 10.4 Å². The van der Waals surface area contributed by atoms with Crippen LogP contribution in [-0.2, 0) is 6.54 Å².